The highest BCUT2D eigenvalue weighted by atomic mass is 79.9. The van der Waals surface area contributed by atoms with Crippen LogP contribution in [0.1, 0.15) is 24.8 Å². The molecular weight excluding hydrogens is 285 g/mol. The van der Waals surface area contributed by atoms with Gasteiger partial charge < -0.3 is 5.73 Å². The van der Waals surface area contributed by atoms with Crippen LogP contribution < -0.4 is 5.73 Å². The zero-order chi connectivity index (χ0) is 12.4. The van der Waals surface area contributed by atoms with Gasteiger partial charge in [0.2, 0.25) is 0 Å². The minimum atomic E-state index is -0.332. The van der Waals surface area contributed by atoms with Crippen LogP contribution in [0, 0.1) is 11.7 Å². The van der Waals surface area contributed by atoms with Gasteiger partial charge in [-0.15, -0.1) is 0 Å². The molecular formula is C13H15BrFNO. The number of Topliss-reactive ketones (excluding diaryl/α,β-unsaturated/α-hetero) is 1. The van der Waals surface area contributed by atoms with Gasteiger partial charge in [0.1, 0.15) is 11.6 Å². The molecule has 0 spiro atoms. The van der Waals surface area contributed by atoms with Crippen LogP contribution >= 0.6 is 15.9 Å². The van der Waals surface area contributed by atoms with Crippen LogP contribution in [0.25, 0.3) is 0 Å². The Morgan fingerprint density at radius 2 is 2.24 bits per heavy atom. The first-order chi connectivity index (χ1) is 8.06. The third kappa shape index (κ3) is 3.61. The molecule has 17 heavy (non-hydrogen) atoms. The van der Waals surface area contributed by atoms with Gasteiger partial charge in [0.05, 0.1) is 0 Å². The molecule has 0 heterocycles. The van der Waals surface area contributed by atoms with Crippen molar-refractivity contribution >= 4 is 21.7 Å². The highest BCUT2D eigenvalue weighted by molar-refractivity contribution is 9.10. The van der Waals surface area contributed by atoms with E-state index >= 15 is 0 Å². The molecule has 1 aliphatic carbocycles. The van der Waals surface area contributed by atoms with Gasteiger partial charge in [-0.05, 0) is 42.5 Å². The standard InChI is InChI=1S/C13H15BrFNO/c14-10-3-4-12(15)9(5-10)6-11(17)7-13(16)8-1-2-8/h3-5,8,13H,1-2,6-7,16H2. The first-order valence-corrected chi connectivity index (χ1v) is 6.57. The normalized spacial score (nSPS) is 16.9. The molecule has 1 aromatic carbocycles. The molecule has 2 rings (SSSR count). The lowest BCUT2D eigenvalue weighted by Crippen LogP contribution is -2.26. The fraction of sp³-hybridized carbons (Fsp3) is 0.462. The number of ketones is 1. The molecule has 0 radical (unpaired) electrons. The van der Waals surface area contributed by atoms with Gasteiger partial charge in [-0.1, -0.05) is 15.9 Å². The molecule has 1 atom stereocenters. The molecule has 2 N–H and O–H groups in total. The SMILES string of the molecule is NC(CC(=O)Cc1cc(Br)ccc1F)C1CC1. The molecule has 1 aromatic rings. The summed E-state index contributed by atoms with van der Waals surface area (Å²) in [6.07, 6.45) is 2.74. The molecule has 2 nitrogen and oxygen atoms in total. The lowest BCUT2D eigenvalue weighted by molar-refractivity contribution is -0.118. The Kier molecular flexibility index (Phi) is 3.94. The van der Waals surface area contributed by atoms with Gasteiger partial charge in [-0.25, -0.2) is 4.39 Å². The second-order valence-corrected chi connectivity index (χ2v) is 5.57. The van der Waals surface area contributed by atoms with E-state index in [2.05, 4.69) is 15.9 Å². The number of hydrogen-bond acceptors (Lipinski definition) is 2. The molecule has 1 unspecified atom stereocenters. The Balaban J connectivity index is 1.94. The van der Waals surface area contributed by atoms with Crippen LogP contribution in [0.3, 0.4) is 0 Å². The van der Waals surface area contributed by atoms with Crippen molar-refractivity contribution in [2.75, 3.05) is 0 Å². The van der Waals surface area contributed by atoms with Crippen molar-refractivity contribution in [1.82, 2.24) is 0 Å². The van der Waals surface area contributed by atoms with Crippen molar-refractivity contribution in [3.63, 3.8) is 0 Å². The van der Waals surface area contributed by atoms with E-state index in [1.165, 1.54) is 6.07 Å². The number of benzene rings is 1. The number of carbonyl (C=O) groups is 1. The van der Waals surface area contributed by atoms with E-state index in [4.69, 9.17) is 5.73 Å². The first-order valence-electron chi connectivity index (χ1n) is 5.77. The van der Waals surface area contributed by atoms with Crippen LogP contribution in [0.5, 0.6) is 0 Å². The van der Waals surface area contributed by atoms with Gasteiger partial charge in [0.15, 0.2) is 0 Å². The number of nitrogens with two attached hydrogens (primary N) is 1. The minimum Gasteiger partial charge on any atom is -0.327 e. The monoisotopic (exact) mass is 299 g/mol. The minimum absolute atomic E-state index is 0.0152. The van der Waals surface area contributed by atoms with Crippen molar-refractivity contribution < 1.29 is 9.18 Å². The summed E-state index contributed by atoms with van der Waals surface area (Å²) in [5.74, 6) is 0.189. The average Bonchev–Trinajstić information content (AvgIpc) is 3.06. The molecule has 0 aliphatic heterocycles. The Morgan fingerprint density at radius 1 is 1.53 bits per heavy atom. The van der Waals surface area contributed by atoms with Crippen molar-refractivity contribution in [3.8, 4) is 0 Å². The Hall–Kier alpha value is -0.740. The molecule has 1 aliphatic rings. The summed E-state index contributed by atoms with van der Waals surface area (Å²) in [6, 6.07) is 4.60. The van der Waals surface area contributed by atoms with Gasteiger partial charge in [0, 0.05) is 23.4 Å². The van der Waals surface area contributed by atoms with Gasteiger partial charge in [-0.2, -0.15) is 0 Å². The van der Waals surface area contributed by atoms with Gasteiger partial charge in [-0.3, -0.25) is 4.79 Å². The Bertz CT molecular complexity index is 431. The summed E-state index contributed by atoms with van der Waals surface area (Å²) >= 11 is 3.27. The Morgan fingerprint density at radius 3 is 2.88 bits per heavy atom. The second kappa shape index (κ2) is 5.27. The van der Waals surface area contributed by atoms with Crippen molar-refractivity contribution in [2.24, 2.45) is 11.7 Å². The summed E-state index contributed by atoms with van der Waals surface area (Å²) in [6.45, 7) is 0. The molecule has 1 saturated carbocycles. The van der Waals surface area contributed by atoms with E-state index in [0.29, 0.717) is 17.9 Å². The van der Waals surface area contributed by atoms with Crippen molar-refractivity contribution in [2.45, 2.75) is 31.7 Å². The summed E-state index contributed by atoms with van der Waals surface area (Å²) in [7, 11) is 0. The van der Waals surface area contributed by atoms with Gasteiger partial charge in [0.25, 0.3) is 0 Å². The van der Waals surface area contributed by atoms with E-state index in [1.54, 1.807) is 12.1 Å². The summed E-state index contributed by atoms with van der Waals surface area (Å²) < 4.78 is 14.2. The third-order valence-electron chi connectivity index (χ3n) is 3.09. The predicted octanol–water partition coefficient (Wildman–Crippen LogP) is 2.83. The summed E-state index contributed by atoms with van der Waals surface area (Å²) in [4.78, 5) is 11.8. The van der Waals surface area contributed by atoms with Crippen molar-refractivity contribution in [1.29, 1.82) is 0 Å². The smallest absolute Gasteiger partial charge is 0.138 e. The molecule has 0 bridgehead atoms. The number of halogens is 2. The number of carbonyl (C=O) groups excluding carboxylic acids is 1. The zero-order valence-corrected chi connectivity index (χ0v) is 11.0. The lowest BCUT2D eigenvalue weighted by atomic mass is 10.0. The summed E-state index contributed by atoms with van der Waals surface area (Å²) in [5, 5.41) is 0. The number of rotatable bonds is 5. The molecule has 0 saturated heterocycles. The van der Waals surface area contributed by atoms with E-state index in [-0.39, 0.29) is 24.1 Å². The predicted molar refractivity (Wildman–Crippen MR) is 68.1 cm³/mol. The van der Waals surface area contributed by atoms with Crippen LogP contribution in [-0.4, -0.2) is 11.8 Å². The van der Waals surface area contributed by atoms with Gasteiger partial charge >= 0.3 is 0 Å². The van der Waals surface area contributed by atoms with Crippen LogP contribution in [0.2, 0.25) is 0 Å². The maximum absolute atomic E-state index is 13.4. The van der Waals surface area contributed by atoms with Crippen LogP contribution in [-0.2, 0) is 11.2 Å². The topological polar surface area (TPSA) is 43.1 Å². The Labute approximate surface area is 109 Å². The van der Waals surface area contributed by atoms with E-state index < -0.39 is 0 Å². The molecule has 1 fully saturated rings. The molecule has 0 amide bonds. The largest absolute Gasteiger partial charge is 0.327 e. The van der Waals surface area contributed by atoms with E-state index in [0.717, 1.165) is 17.3 Å². The number of hydrogen-bond donors (Lipinski definition) is 1. The van der Waals surface area contributed by atoms with Crippen molar-refractivity contribution in [3.05, 3.63) is 34.1 Å². The van der Waals surface area contributed by atoms with E-state index in [9.17, 15) is 9.18 Å². The van der Waals surface area contributed by atoms with Crippen LogP contribution in [0.4, 0.5) is 4.39 Å². The molecule has 4 heteroatoms. The third-order valence-corrected chi connectivity index (χ3v) is 3.58. The highest BCUT2D eigenvalue weighted by Crippen LogP contribution is 2.33. The lowest BCUT2D eigenvalue weighted by Gasteiger charge is -2.09. The maximum atomic E-state index is 13.4. The molecule has 92 valence electrons. The fourth-order valence-corrected chi connectivity index (χ4v) is 2.33. The maximum Gasteiger partial charge on any atom is 0.138 e. The second-order valence-electron chi connectivity index (χ2n) is 4.66. The molecule has 0 aromatic heterocycles. The first kappa shape index (κ1) is 12.7. The van der Waals surface area contributed by atoms with Crippen LogP contribution in [0.15, 0.2) is 22.7 Å². The highest BCUT2D eigenvalue weighted by Gasteiger charge is 2.29. The quantitative estimate of drug-likeness (QED) is 0.908. The fourth-order valence-electron chi connectivity index (χ4n) is 1.92. The summed E-state index contributed by atoms with van der Waals surface area (Å²) in [5.41, 5.74) is 6.32. The zero-order valence-electron chi connectivity index (χ0n) is 9.46. The average molecular weight is 300 g/mol. The van der Waals surface area contributed by atoms with E-state index in [1.807, 2.05) is 0 Å².